The predicted molar refractivity (Wildman–Crippen MR) is 94.3 cm³/mol. The van der Waals surface area contributed by atoms with E-state index in [1.54, 1.807) is 6.92 Å². The molecule has 0 saturated heterocycles. The van der Waals surface area contributed by atoms with Gasteiger partial charge in [0.25, 0.3) is 10.1 Å². The van der Waals surface area contributed by atoms with Gasteiger partial charge in [-0.3, -0.25) is 4.55 Å². The normalized spacial score (nSPS) is 28.4. The zero-order valence-electron chi connectivity index (χ0n) is 15.2. The van der Waals surface area contributed by atoms with Crippen LogP contribution in [0.4, 0.5) is 0 Å². The number of rotatable bonds is 5. The van der Waals surface area contributed by atoms with Crippen molar-refractivity contribution >= 4 is 19.2 Å². The molecule has 0 amide bonds. The Morgan fingerprint density at radius 1 is 1.09 bits per heavy atom. The van der Waals surface area contributed by atoms with Crippen LogP contribution in [0.2, 0.25) is 13.1 Å². The van der Waals surface area contributed by atoms with E-state index in [0.29, 0.717) is 5.92 Å². The largest absolute Gasteiger partial charge is 0.415 e. The van der Waals surface area contributed by atoms with Gasteiger partial charge in [0.2, 0.25) is 0 Å². The molecule has 0 radical (unpaired) electrons. The van der Waals surface area contributed by atoms with Gasteiger partial charge in [-0.25, -0.2) is 0 Å². The summed E-state index contributed by atoms with van der Waals surface area (Å²) in [7, 11) is -5.09. The second kappa shape index (κ2) is 6.91. The van der Waals surface area contributed by atoms with Crippen molar-refractivity contribution in [2.24, 2.45) is 17.3 Å². The average Bonchev–Trinajstić information content (AvgIpc) is 2.34. The van der Waals surface area contributed by atoms with E-state index in [1.165, 1.54) is 0 Å². The lowest BCUT2D eigenvalue weighted by Crippen LogP contribution is -2.52. The minimum absolute atomic E-state index is 0.0520. The first-order chi connectivity index (χ1) is 9.79. The van der Waals surface area contributed by atoms with Crippen LogP contribution in [0.3, 0.4) is 0 Å². The summed E-state index contributed by atoms with van der Waals surface area (Å²) in [5.41, 5.74) is -0.115. The van der Waals surface area contributed by atoms with Gasteiger partial charge in [-0.1, -0.05) is 20.8 Å². The molecule has 1 N–H and O–H groups in total. The van der Waals surface area contributed by atoms with Crippen molar-refractivity contribution in [3.05, 3.63) is 0 Å². The number of hydrogen-bond acceptors (Lipinski definition) is 3. The van der Waals surface area contributed by atoms with E-state index in [-0.39, 0.29) is 16.9 Å². The molecule has 1 rings (SSSR count). The van der Waals surface area contributed by atoms with E-state index >= 15 is 0 Å². The highest BCUT2D eigenvalue weighted by molar-refractivity contribution is 7.86. The van der Waals surface area contributed by atoms with Crippen molar-refractivity contribution in [2.45, 2.75) is 84.2 Å². The fourth-order valence-corrected chi connectivity index (χ4v) is 6.04. The van der Waals surface area contributed by atoms with Gasteiger partial charge < -0.3 is 4.43 Å². The Hall–Kier alpha value is 0.0869. The highest BCUT2D eigenvalue weighted by Crippen LogP contribution is 2.47. The van der Waals surface area contributed by atoms with Crippen LogP contribution in [-0.2, 0) is 14.5 Å². The van der Waals surface area contributed by atoms with E-state index < -0.39 is 24.4 Å². The van der Waals surface area contributed by atoms with E-state index in [1.807, 2.05) is 0 Å². The maximum atomic E-state index is 11.4. The second-order valence-electron chi connectivity index (χ2n) is 8.36. The Kier molecular flexibility index (Phi) is 6.32. The number of hydrogen-bond donors (Lipinski definition) is 1. The maximum absolute atomic E-state index is 11.4. The molecule has 0 aliphatic heterocycles. The average molecular weight is 351 g/mol. The van der Waals surface area contributed by atoms with Gasteiger partial charge in [-0.05, 0) is 69.9 Å². The molecular weight excluding hydrogens is 316 g/mol. The van der Waals surface area contributed by atoms with E-state index in [2.05, 4.69) is 40.8 Å². The first-order valence-electron chi connectivity index (χ1n) is 8.43. The van der Waals surface area contributed by atoms with E-state index in [4.69, 9.17) is 4.43 Å². The summed E-state index contributed by atoms with van der Waals surface area (Å²) in [6.45, 7) is 15.0. The molecule has 132 valence electrons. The molecule has 1 fully saturated rings. The van der Waals surface area contributed by atoms with Crippen LogP contribution in [0.1, 0.15) is 60.3 Å². The molecule has 0 spiro atoms. The SMILES string of the molecule is CC(C1CCC(C(C)(O[SiH](C)C)C(C)(C)C)CC1)S(=O)(=O)O. The van der Waals surface area contributed by atoms with Crippen molar-refractivity contribution in [3.8, 4) is 0 Å². The monoisotopic (exact) mass is 350 g/mol. The minimum atomic E-state index is -3.93. The molecule has 22 heavy (non-hydrogen) atoms. The maximum Gasteiger partial charge on any atom is 0.267 e. The van der Waals surface area contributed by atoms with Crippen LogP contribution in [0.25, 0.3) is 0 Å². The Balaban J connectivity index is 2.84. The fourth-order valence-electron chi connectivity index (χ4n) is 3.76. The summed E-state index contributed by atoms with van der Waals surface area (Å²) in [6, 6.07) is 0. The summed E-state index contributed by atoms with van der Waals surface area (Å²) in [6.07, 6.45) is 3.64. The minimum Gasteiger partial charge on any atom is -0.415 e. The lowest BCUT2D eigenvalue weighted by atomic mass is 9.64. The third kappa shape index (κ3) is 4.55. The molecule has 2 atom stereocenters. The van der Waals surface area contributed by atoms with Crippen LogP contribution < -0.4 is 0 Å². The molecule has 4 nitrogen and oxygen atoms in total. The summed E-state index contributed by atoms with van der Waals surface area (Å²) in [5, 5.41) is -0.658. The van der Waals surface area contributed by atoms with Gasteiger partial charge in [-0.15, -0.1) is 0 Å². The molecular formula is C16H34O4SSi. The lowest BCUT2D eigenvalue weighted by molar-refractivity contribution is -0.0830. The summed E-state index contributed by atoms with van der Waals surface area (Å²) < 4.78 is 38.4. The predicted octanol–water partition coefficient (Wildman–Crippen LogP) is 3.87. The van der Waals surface area contributed by atoms with Crippen LogP contribution in [-0.4, -0.2) is 32.9 Å². The first kappa shape index (κ1) is 20.1. The Labute approximate surface area is 138 Å². The lowest BCUT2D eigenvalue weighted by Gasteiger charge is -2.51. The zero-order chi connectivity index (χ0) is 17.3. The molecule has 1 aliphatic carbocycles. The summed E-state index contributed by atoms with van der Waals surface area (Å²) >= 11 is 0. The van der Waals surface area contributed by atoms with Crippen molar-refractivity contribution in [2.75, 3.05) is 0 Å². The second-order valence-corrected chi connectivity index (χ2v) is 12.5. The molecule has 1 aliphatic rings. The van der Waals surface area contributed by atoms with Gasteiger partial charge in [-0.2, -0.15) is 8.42 Å². The van der Waals surface area contributed by atoms with Gasteiger partial charge >= 0.3 is 0 Å². The summed E-state index contributed by atoms with van der Waals surface area (Å²) in [5.74, 6) is 0.513. The molecule has 0 aromatic carbocycles. The highest BCUT2D eigenvalue weighted by atomic mass is 32.2. The summed E-state index contributed by atoms with van der Waals surface area (Å²) in [4.78, 5) is 0. The molecule has 0 heterocycles. The standard InChI is InChI=1S/C16H34O4SSi/c1-12(21(17,18)19)13-8-10-14(11-9-13)16(5,15(2,3)4)20-22(6)7/h12-14,22H,8-11H2,1-7H3,(H,17,18,19). The van der Waals surface area contributed by atoms with E-state index in [0.717, 1.165) is 25.7 Å². The van der Waals surface area contributed by atoms with Crippen LogP contribution in [0, 0.1) is 17.3 Å². The zero-order valence-corrected chi connectivity index (χ0v) is 17.2. The molecule has 0 aromatic rings. The van der Waals surface area contributed by atoms with E-state index in [9.17, 15) is 13.0 Å². The fraction of sp³-hybridized carbons (Fsp3) is 1.00. The van der Waals surface area contributed by atoms with Crippen LogP contribution >= 0.6 is 0 Å². The van der Waals surface area contributed by atoms with Gasteiger partial charge in [0.15, 0.2) is 9.04 Å². The van der Waals surface area contributed by atoms with Crippen LogP contribution in [0.15, 0.2) is 0 Å². The Morgan fingerprint density at radius 2 is 1.55 bits per heavy atom. The molecule has 1 saturated carbocycles. The Morgan fingerprint density at radius 3 is 1.86 bits per heavy atom. The molecule has 2 unspecified atom stereocenters. The smallest absolute Gasteiger partial charge is 0.267 e. The third-order valence-corrected chi connectivity index (χ3v) is 7.94. The third-order valence-electron chi connectivity index (χ3n) is 5.65. The van der Waals surface area contributed by atoms with Gasteiger partial charge in [0, 0.05) is 0 Å². The quantitative estimate of drug-likeness (QED) is 0.604. The highest BCUT2D eigenvalue weighted by Gasteiger charge is 2.47. The van der Waals surface area contributed by atoms with Crippen molar-refractivity contribution in [1.29, 1.82) is 0 Å². The molecule has 0 aromatic heterocycles. The molecule has 0 bridgehead atoms. The van der Waals surface area contributed by atoms with Crippen LogP contribution in [0.5, 0.6) is 0 Å². The van der Waals surface area contributed by atoms with Gasteiger partial charge in [0.05, 0.1) is 10.9 Å². The topological polar surface area (TPSA) is 63.6 Å². The van der Waals surface area contributed by atoms with Crippen molar-refractivity contribution in [1.82, 2.24) is 0 Å². The molecule has 6 heteroatoms. The van der Waals surface area contributed by atoms with Gasteiger partial charge in [0.1, 0.15) is 0 Å². The first-order valence-corrected chi connectivity index (χ1v) is 12.7. The van der Waals surface area contributed by atoms with Crippen molar-refractivity contribution < 1.29 is 17.4 Å². The Bertz CT molecular complexity index is 461. The van der Waals surface area contributed by atoms with Crippen molar-refractivity contribution in [3.63, 3.8) is 0 Å².